The van der Waals surface area contributed by atoms with Crippen LogP contribution in [0.4, 0.5) is 0 Å². The van der Waals surface area contributed by atoms with E-state index in [1.54, 1.807) is 0 Å². The van der Waals surface area contributed by atoms with Crippen molar-refractivity contribution in [2.24, 2.45) is 0 Å². The van der Waals surface area contributed by atoms with Crippen LogP contribution in [0.25, 0.3) is 0 Å². The lowest BCUT2D eigenvalue weighted by molar-refractivity contribution is 0.975. The lowest BCUT2D eigenvalue weighted by Gasteiger charge is -2.05. The molecule has 0 spiro atoms. The molecule has 0 heterocycles. The first kappa shape index (κ1) is 9.86. The highest BCUT2D eigenvalue weighted by molar-refractivity contribution is 5.29. The van der Waals surface area contributed by atoms with E-state index in [0.717, 1.165) is 12.8 Å². The fourth-order valence-corrected chi connectivity index (χ4v) is 1.27. The highest BCUT2D eigenvalue weighted by Gasteiger charge is 2.00. The Morgan fingerprint density at radius 1 is 1.38 bits per heavy atom. The predicted molar refractivity (Wildman–Crippen MR) is 57.4 cm³/mol. The highest BCUT2D eigenvalue weighted by Crippen LogP contribution is 2.15. The second-order valence-corrected chi connectivity index (χ2v) is 3.23. The zero-order valence-corrected chi connectivity index (χ0v) is 8.09. The molecule has 1 aromatic carbocycles. The summed E-state index contributed by atoms with van der Waals surface area (Å²) in [6.07, 6.45) is 7.34. The van der Waals surface area contributed by atoms with Crippen LogP contribution in [0, 0.1) is 19.3 Å². The first-order valence-corrected chi connectivity index (χ1v) is 4.62. The van der Waals surface area contributed by atoms with Crippen LogP contribution in [-0.2, 0) is 6.42 Å². The normalized spacial score (nSPS) is 12.1. The van der Waals surface area contributed by atoms with Crippen molar-refractivity contribution >= 4 is 0 Å². The third kappa shape index (κ3) is 2.63. The highest BCUT2D eigenvalue weighted by atomic mass is 14.0. The van der Waals surface area contributed by atoms with Crippen molar-refractivity contribution in [1.29, 1.82) is 0 Å². The third-order valence-corrected chi connectivity index (χ3v) is 2.20. The molecule has 1 aromatic rings. The summed E-state index contributed by atoms with van der Waals surface area (Å²) < 4.78 is 0. The maximum Gasteiger partial charge on any atom is 0.0421 e. The smallest absolute Gasteiger partial charge is 0.0421 e. The second kappa shape index (κ2) is 4.72. The van der Waals surface area contributed by atoms with Crippen LogP contribution in [0.1, 0.15) is 30.4 Å². The summed E-state index contributed by atoms with van der Waals surface area (Å²) in [6, 6.07) is 8.48. The Kier molecular flexibility index (Phi) is 3.58. The van der Waals surface area contributed by atoms with Crippen LogP contribution in [0.5, 0.6) is 0 Å². The van der Waals surface area contributed by atoms with Crippen LogP contribution in [-0.4, -0.2) is 0 Å². The molecule has 0 fully saturated rings. The first-order valence-electron chi connectivity index (χ1n) is 4.62. The molecular weight excluding hydrogens is 156 g/mol. The zero-order valence-electron chi connectivity index (χ0n) is 8.09. The zero-order chi connectivity index (χ0) is 9.68. The molecule has 1 unspecified atom stereocenters. The molecule has 0 aliphatic carbocycles. The number of aryl methyl sites for hydroxylation is 1. The Labute approximate surface area is 81.0 Å². The molecule has 0 aliphatic rings. The lowest BCUT2D eigenvalue weighted by Crippen LogP contribution is -1.90. The van der Waals surface area contributed by atoms with Gasteiger partial charge in [0.2, 0.25) is 0 Å². The molecule has 1 atom stereocenters. The van der Waals surface area contributed by atoms with Gasteiger partial charge in [0.15, 0.2) is 0 Å². The topological polar surface area (TPSA) is 0 Å². The Bertz CT molecular complexity index is 287. The minimum absolute atomic E-state index is 0.216. The van der Waals surface area contributed by atoms with Gasteiger partial charge in [0.1, 0.15) is 0 Å². The van der Waals surface area contributed by atoms with Gasteiger partial charge in [-0.3, -0.25) is 0 Å². The van der Waals surface area contributed by atoms with Gasteiger partial charge in [0.05, 0.1) is 0 Å². The summed E-state index contributed by atoms with van der Waals surface area (Å²) in [5.41, 5.74) is 2.55. The lowest BCUT2D eigenvalue weighted by atomic mass is 9.99. The Morgan fingerprint density at radius 3 is 2.46 bits per heavy atom. The van der Waals surface area contributed by atoms with Crippen molar-refractivity contribution in [1.82, 2.24) is 0 Å². The van der Waals surface area contributed by atoms with Crippen molar-refractivity contribution in [2.75, 3.05) is 0 Å². The number of terminal acetylenes is 1. The molecular formula is C13H15. The summed E-state index contributed by atoms with van der Waals surface area (Å²) in [5.74, 6) is 2.94. The Balaban J connectivity index is 2.76. The van der Waals surface area contributed by atoms with Gasteiger partial charge < -0.3 is 0 Å². The van der Waals surface area contributed by atoms with Gasteiger partial charge in [0, 0.05) is 5.92 Å². The SMILES string of the molecule is C#CC(C)c1ccc(CC[CH2])cc1. The van der Waals surface area contributed by atoms with Crippen molar-refractivity contribution in [3.05, 3.63) is 42.3 Å². The fraction of sp³-hybridized carbons (Fsp3) is 0.308. The molecule has 0 aliphatic heterocycles. The van der Waals surface area contributed by atoms with Gasteiger partial charge >= 0.3 is 0 Å². The van der Waals surface area contributed by atoms with E-state index in [-0.39, 0.29) is 5.92 Å². The average Bonchev–Trinajstić information content (AvgIpc) is 2.18. The summed E-state index contributed by atoms with van der Waals surface area (Å²) in [4.78, 5) is 0. The molecule has 0 bridgehead atoms. The maximum absolute atomic E-state index is 5.34. The minimum atomic E-state index is 0.216. The standard InChI is InChI=1S/C13H15/c1-4-6-12-7-9-13(10-8-12)11(3)5-2/h2,7-11H,1,4,6H2,3H3. The fourth-order valence-electron chi connectivity index (χ4n) is 1.27. The average molecular weight is 171 g/mol. The van der Waals surface area contributed by atoms with Gasteiger partial charge in [-0.25, -0.2) is 0 Å². The van der Waals surface area contributed by atoms with Gasteiger partial charge in [0.25, 0.3) is 0 Å². The van der Waals surface area contributed by atoms with E-state index in [1.807, 2.05) is 6.92 Å². The van der Waals surface area contributed by atoms with E-state index in [4.69, 9.17) is 6.42 Å². The molecule has 67 valence electrons. The van der Waals surface area contributed by atoms with E-state index in [2.05, 4.69) is 37.1 Å². The van der Waals surface area contributed by atoms with Gasteiger partial charge in [-0.2, -0.15) is 0 Å². The Morgan fingerprint density at radius 2 is 2.00 bits per heavy atom. The first-order chi connectivity index (χ1) is 6.27. The predicted octanol–water partition coefficient (Wildman–Crippen LogP) is 3.19. The molecule has 0 heteroatoms. The number of hydrogen-bond acceptors (Lipinski definition) is 0. The molecule has 1 radical (unpaired) electrons. The molecule has 0 saturated heterocycles. The number of hydrogen-bond donors (Lipinski definition) is 0. The molecule has 0 nitrogen and oxygen atoms in total. The van der Waals surface area contributed by atoms with Crippen LogP contribution in [0.3, 0.4) is 0 Å². The van der Waals surface area contributed by atoms with Crippen molar-refractivity contribution in [2.45, 2.75) is 25.7 Å². The van der Waals surface area contributed by atoms with Crippen LogP contribution in [0.15, 0.2) is 24.3 Å². The molecule has 13 heavy (non-hydrogen) atoms. The number of rotatable bonds is 3. The van der Waals surface area contributed by atoms with E-state index < -0.39 is 0 Å². The van der Waals surface area contributed by atoms with Gasteiger partial charge in [-0.15, -0.1) is 6.42 Å². The van der Waals surface area contributed by atoms with Gasteiger partial charge in [-0.05, 0) is 30.9 Å². The van der Waals surface area contributed by atoms with Crippen LogP contribution in [0.2, 0.25) is 0 Å². The summed E-state index contributed by atoms with van der Waals surface area (Å²) in [5, 5.41) is 0. The van der Waals surface area contributed by atoms with Crippen LogP contribution < -0.4 is 0 Å². The van der Waals surface area contributed by atoms with Gasteiger partial charge in [-0.1, -0.05) is 37.1 Å². The largest absolute Gasteiger partial charge is 0.119 e. The van der Waals surface area contributed by atoms with Crippen molar-refractivity contribution in [3.63, 3.8) is 0 Å². The van der Waals surface area contributed by atoms with E-state index >= 15 is 0 Å². The molecule has 0 amide bonds. The minimum Gasteiger partial charge on any atom is -0.119 e. The number of benzene rings is 1. The van der Waals surface area contributed by atoms with E-state index in [0.29, 0.717) is 0 Å². The quantitative estimate of drug-likeness (QED) is 0.613. The molecule has 1 rings (SSSR count). The van der Waals surface area contributed by atoms with Crippen LogP contribution >= 0.6 is 0 Å². The maximum atomic E-state index is 5.34. The Hall–Kier alpha value is -1.22. The monoisotopic (exact) mass is 171 g/mol. The van der Waals surface area contributed by atoms with E-state index in [1.165, 1.54) is 11.1 Å². The molecule has 0 aromatic heterocycles. The molecule has 0 saturated carbocycles. The second-order valence-electron chi connectivity index (χ2n) is 3.23. The summed E-state index contributed by atoms with van der Waals surface area (Å²) in [7, 11) is 0. The van der Waals surface area contributed by atoms with Crippen molar-refractivity contribution in [3.8, 4) is 12.3 Å². The summed E-state index contributed by atoms with van der Waals surface area (Å²) in [6.45, 7) is 5.86. The summed E-state index contributed by atoms with van der Waals surface area (Å²) >= 11 is 0. The van der Waals surface area contributed by atoms with Crippen molar-refractivity contribution < 1.29 is 0 Å². The van der Waals surface area contributed by atoms with E-state index in [9.17, 15) is 0 Å². The third-order valence-electron chi connectivity index (χ3n) is 2.20. The molecule has 0 N–H and O–H groups in total.